The van der Waals surface area contributed by atoms with Crippen LogP contribution >= 0.6 is 0 Å². The van der Waals surface area contributed by atoms with Crippen molar-refractivity contribution in [2.24, 2.45) is 7.05 Å². The quantitative estimate of drug-likeness (QED) is 0.834. The Labute approximate surface area is 140 Å². The van der Waals surface area contributed by atoms with Crippen molar-refractivity contribution in [2.75, 3.05) is 13.1 Å². The zero-order valence-electron chi connectivity index (χ0n) is 13.3. The van der Waals surface area contributed by atoms with Gasteiger partial charge >= 0.3 is 0 Å². The molecule has 0 saturated carbocycles. The van der Waals surface area contributed by atoms with Crippen molar-refractivity contribution in [1.29, 1.82) is 0 Å². The normalized spacial score (nSPS) is 18.5. The molecule has 124 valence electrons. The minimum atomic E-state index is -3.55. The maximum atomic E-state index is 12.7. The molecule has 24 heavy (non-hydrogen) atoms. The van der Waals surface area contributed by atoms with Gasteiger partial charge in [-0.3, -0.25) is 9.48 Å². The molecular formula is C17H17N3O3S. The van der Waals surface area contributed by atoms with E-state index in [2.05, 4.69) is 5.10 Å². The van der Waals surface area contributed by atoms with Gasteiger partial charge in [-0.2, -0.15) is 5.10 Å². The van der Waals surface area contributed by atoms with Gasteiger partial charge in [-0.25, -0.2) is 8.42 Å². The van der Waals surface area contributed by atoms with Crippen molar-refractivity contribution in [3.05, 3.63) is 41.6 Å². The molecule has 0 unspecified atom stereocenters. The molecule has 6 nitrogen and oxygen atoms in total. The van der Waals surface area contributed by atoms with Gasteiger partial charge in [0.25, 0.3) is 5.91 Å². The third-order valence-electron chi connectivity index (χ3n) is 4.51. The highest BCUT2D eigenvalue weighted by atomic mass is 32.2. The summed E-state index contributed by atoms with van der Waals surface area (Å²) in [5.41, 5.74) is 2.50. The molecule has 3 heterocycles. The number of benzene rings is 1. The first kappa shape index (κ1) is 15.1. The number of sulfone groups is 1. The molecule has 2 aromatic rings. The number of nitrogens with zero attached hydrogens (tertiary/aromatic N) is 3. The summed E-state index contributed by atoms with van der Waals surface area (Å²) in [6, 6.07) is 5.11. The Morgan fingerprint density at radius 3 is 2.58 bits per heavy atom. The van der Waals surface area contributed by atoms with Gasteiger partial charge in [0.05, 0.1) is 16.7 Å². The van der Waals surface area contributed by atoms with E-state index in [1.807, 2.05) is 13.2 Å². The van der Waals surface area contributed by atoms with Gasteiger partial charge in [-0.15, -0.1) is 0 Å². The van der Waals surface area contributed by atoms with E-state index < -0.39 is 9.84 Å². The number of aryl methyl sites for hydroxylation is 1. The number of hydrogen-bond donors (Lipinski definition) is 0. The van der Waals surface area contributed by atoms with E-state index in [0.717, 1.165) is 29.4 Å². The lowest BCUT2D eigenvalue weighted by Crippen LogP contribution is -2.28. The molecule has 1 aromatic carbocycles. The molecule has 2 aliphatic heterocycles. The molecule has 1 amide bonds. The standard InChI is InChI=1S/C17H17N3O3S/c1-19-10-13(9-18-19)12-4-5-16-14(8-12)15(11-24(16,22)23)17(21)20-6-2-3-7-20/h4-5,8-11H,2-3,6-7H2,1H3. The molecule has 0 N–H and O–H groups in total. The number of rotatable bonds is 2. The van der Waals surface area contributed by atoms with E-state index in [9.17, 15) is 13.2 Å². The van der Waals surface area contributed by atoms with Crippen LogP contribution in [0.2, 0.25) is 0 Å². The smallest absolute Gasteiger partial charge is 0.255 e. The van der Waals surface area contributed by atoms with Crippen LogP contribution in [0.4, 0.5) is 0 Å². The Kier molecular flexibility index (Phi) is 3.35. The second-order valence-corrected chi connectivity index (χ2v) is 7.96. The fourth-order valence-electron chi connectivity index (χ4n) is 3.28. The third kappa shape index (κ3) is 2.36. The Morgan fingerprint density at radius 1 is 1.17 bits per heavy atom. The van der Waals surface area contributed by atoms with E-state index in [0.29, 0.717) is 18.7 Å². The van der Waals surface area contributed by atoms with Crippen molar-refractivity contribution >= 4 is 21.3 Å². The van der Waals surface area contributed by atoms with Crippen molar-refractivity contribution < 1.29 is 13.2 Å². The Bertz CT molecular complexity index is 967. The average molecular weight is 343 g/mol. The SMILES string of the molecule is Cn1cc(-c2ccc3c(c2)C(C(=O)N2CCCC2)=CS3(=O)=O)cn1. The minimum absolute atomic E-state index is 0.196. The van der Waals surface area contributed by atoms with Crippen molar-refractivity contribution in [2.45, 2.75) is 17.7 Å². The summed E-state index contributed by atoms with van der Waals surface area (Å²) in [6.07, 6.45) is 5.51. The van der Waals surface area contributed by atoms with Gasteiger partial charge in [0, 0.05) is 42.9 Å². The van der Waals surface area contributed by atoms with Crippen LogP contribution in [0.15, 0.2) is 40.9 Å². The van der Waals surface area contributed by atoms with Gasteiger partial charge in [-0.05, 0) is 30.5 Å². The Balaban J connectivity index is 1.81. The third-order valence-corrected chi connectivity index (χ3v) is 6.03. The van der Waals surface area contributed by atoms with Crippen LogP contribution in [0.1, 0.15) is 18.4 Å². The first-order chi connectivity index (χ1) is 11.5. The summed E-state index contributed by atoms with van der Waals surface area (Å²) in [4.78, 5) is 14.7. The minimum Gasteiger partial charge on any atom is -0.339 e. The highest BCUT2D eigenvalue weighted by molar-refractivity contribution is 7.95. The first-order valence-corrected chi connectivity index (χ1v) is 9.40. The van der Waals surface area contributed by atoms with Crippen molar-refractivity contribution in [3.8, 4) is 11.1 Å². The summed E-state index contributed by atoms with van der Waals surface area (Å²) in [5, 5.41) is 5.26. The van der Waals surface area contributed by atoms with Gasteiger partial charge in [0.15, 0.2) is 0 Å². The second-order valence-electron chi connectivity index (χ2n) is 6.19. The van der Waals surface area contributed by atoms with Crippen LogP contribution in [0, 0.1) is 0 Å². The molecule has 1 fully saturated rings. The number of carbonyl (C=O) groups excluding carboxylic acids is 1. The molecule has 0 radical (unpaired) electrons. The van der Waals surface area contributed by atoms with Crippen LogP contribution < -0.4 is 0 Å². The summed E-state index contributed by atoms with van der Waals surface area (Å²) >= 11 is 0. The fourth-order valence-corrected chi connectivity index (χ4v) is 4.67. The van der Waals surface area contributed by atoms with E-state index in [1.165, 1.54) is 0 Å². The van der Waals surface area contributed by atoms with Gasteiger partial charge in [-0.1, -0.05) is 6.07 Å². The van der Waals surface area contributed by atoms with Crippen LogP contribution in [0.5, 0.6) is 0 Å². The number of aromatic nitrogens is 2. The molecule has 0 aliphatic carbocycles. The zero-order chi connectivity index (χ0) is 16.9. The lowest BCUT2D eigenvalue weighted by atomic mass is 10.0. The van der Waals surface area contributed by atoms with E-state index in [4.69, 9.17) is 0 Å². The predicted octanol–water partition coefficient (Wildman–Crippen LogP) is 1.84. The predicted molar refractivity (Wildman–Crippen MR) is 89.6 cm³/mol. The lowest BCUT2D eigenvalue weighted by Gasteiger charge is -2.16. The number of amides is 1. The van der Waals surface area contributed by atoms with E-state index >= 15 is 0 Å². The first-order valence-electron chi connectivity index (χ1n) is 7.85. The Morgan fingerprint density at radius 2 is 1.92 bits per heavy atom. The second kappa shape index (κ2) is 5.31. The summed E-state index contributed by atoms with van der Waals surface area (Å²) in [5.74, 6) is -0.196. The molecule has 1 saturated heterocycles. The molecule has 0 atom stereocenters. The summed E-state index contributed by atoms with van der Waals surface area (Å²) in [7, 11) is -1.73. The highest BCUT2D eigenvalue weighted by Crippen LogP contribution is 2.37. The monoisotopic (exact) mass is 343 g/mol. The van der Waals surface area contributed by atoms with Crippen LogP contribution in [0.3, 0.4) is 0 Å². The van der Waals surface area contributed by atoms with E-state index in [-0.39, 0.29) is 16.4 Å². The largest absolute Gasteiger partial charge is 0.339 e. The number of carbonyl (C=O) groups is 1. The maximum Gasteiger partial charge on any atom is 0.255 e. The molecule has 4 rings (SSSR count). The van der Waals surface area contributed by atoms with Crippen LogP contribution in [0.25, 0.3) is 16.7 Å². The number of hydrogen-bond acceptors (Lipinski definition) is 4. The van der Waals surface area contributed by atoms with Crippen LogP contribution in [-0.2, 0) is 21.7 Å². The highest BCUT2D eigenvalue weighted by Gasteiger charge is 2.33. The Hall–Kier alpha value is -2.41. The van der Waals surface area contributed by atoms with Crippen LogP contribution in [-0.4, -0.2) is 42.1 Å². The van der Waals surface area contributed by atoms with E-state index in [1.54, 1.807) is 34.0 Å². The summed E-state index contributed by atoms with van der Waals surface area (Å²) in [6.45, 7) is 1.38. The summed E-state index contributed by atoms with van der Waals surface area (Å²) < 4.78 is 26.4. The lowest BCUT2D eigenvalue weighted by molar-refractivity contribution is -0.124. The fraction of sp³-hybridized carbons (Fsp3) is 0.294. The van der Waals surface area contributed by atoms with Gasteiger partial charge in [0.1, 0.15) is 0 Å². The molecule has 0 spiro atoms. The maximum absolute atomic E-state index is 12.7. The van der Waals surface area contributed by atoms with Crippen molar-refractivity contribution in [1.82, 2.24) is 14.7 Å². The topological polar surface area (TPSA) is 72.3 Å². The number of fused-ring (bicyclic) bond motifs is 1. The van der Waals surface area contributed by atoms with Crippen molar-refractivity contribution in [3.63, 3.8) is 0 Å². The molecule has 0 bridgehead atoms. The van der Waals surface area contributed by atoms with Gasteiger partial charge in [0.2, 0.25) is 9.84 Å². The zero-order valence-corrected chi connectivity index (χ0v) is 14.1. The molecule has 2 aliphatic rings. The average Bonchev–Trinajstić information content (AvgIpc) is 3.26. The molecule has 1 aromatic heterocycles. The van der Waals surface area contributed by atoms with Gasteiger partial charge < -0.3 is 4.90 Å². The molecular weight excluding hydrogens is 326 g/mol. The molecule has 7 heteroatoms. The number of likely N-dealkylation sites (tertiary alicyclic amines) is 1.